The zero-order valence-corrected chi connectivity index (χ0v) is 20.9. The van der Waals surface area contributed by atoms with Crippen LogP contribution >= 0.6 is 0 Å². The van der Waals surface area contributed by atoms with Gasteiger partial charge < -0.3 is 4.90 Å². The lowest BCUT2D eigenvalue weighted by Gasteiger charge is -2.40. The number of benzene rings is 2. The van der Waals surface area contributed by atoms with Gasteiger partial charge in [0, 0.05) is 18.4 Å². The number of amides is 2. The number of urea groups is 1. The van der Waals surface area contributed by atoms with Gasteiger partial charge in [-0.3, -0.25) is 4.90 Å². The predicted molar refractivity (Wildman–Crippen MR) is 130 cm³/mol. The topological polar surface area (TPSA) is 85.8 Å². The minimum atomic E-state index is -4.63. The number of halogens is 3. The highest BCUT2D eigenvalue weighted by molar-refractivity contribution is 7.91. The number of sulfone groups is 1. The molecule has 2 amide bonds. The molecular formula is C26H23F3N4O3S. The largest absolute Gasteiger partial charge is 0.416 e. The van der Waals surface area contributed by atoms with E-state index in [9.17, 15) is 31.6 Å². The summed E-state index contributed by atoms with van der Waals surface area (Å²) in [5.74, 6) is -0.102. The smallest absolute Gasteiger partial charge is 0.325 e. The number of nitriles is 1. The first-order valence-electron chi connectivity index (χ1n) is 11.5. The fourth-order valence-corrected chi connectivity index (χ4v) is 6.67. The van der Waals surface area contributed by atoms with E-state index in [2.05, 4.69) is 4.85 Å². The zero-order valence-electron chi connectivity index (χ0n) is 20.1. The molecule has 0 bridgehead atoms. The molecule has 2 aliphatic rings. The number of carbonyl (C=O) groups is 1. The summed E-state index contributed by atoms with van der Waals surface area (Å²) in [4.78, 5) is 19.1. The van der Waals surface area contributed by atoms with E-state index in [0.29, 0.717) is 0 Å². The maximum absolute atomic E-state index is 13.5. The summed E-state index contributed by atoms with van der Waals surface area (Å²) in [6.45, 7) is 9.28. The van der Waals surface area contributed by atoms with Crippen LogP contribution in [0.5, 0.6) is 0 Å². The molecule has 0 unspecified atom stereocenters. The molecule has 192 valence electrons. The number of nitrogens with zero attached hydrogens (tertiary/aromatic N) is 4. The van der Waals surface area contributed by atoms with Crippen LogP contribution in [0, 0.1) is 23.8 Å². The second-order valence-corrected chi connectivity index (χ2v) is 11.2. The highest BCUT2D eigenvalue weighted by atomic mass is 32.2. The van der Waals surface area contributed by atoms with E-state index in [4.69, 9.17) is 6.57 Å². The van der Waals surface area contributed by atoms with Crippen molar-refractivity contribution >= 4 is 21.6 Å². The molecule has 7 nitrogen and oxygen atoms in total. The minimum absolute atomic E-state index is 0.00308. The summed E-state index contributed by atoms with van der Waals surface area (Å²) < 4.78 is 66.8. The molecular weight excluding hydrogens is 505 g/mol. The molecule has 2 aromatic rings. The van der Waals surface area contributed by atoms with Crippen LogP contribution < -0.4 is 4.90 Å². The third kappa shape index (κ3) is 4.79. The number of hydrogen-bond acceptors (Lipinski definition) is 4. The molecule has 0 N–H and O–H groups in total. The van der Waals surface area contributed by atoms with Crippen molar-refractivity contribution in [1.29, 1.82) is 5.26 Å². The summed E-state index contributed by atoms with van der Waals surface area (Å²) in [7, 11) is -2.50. The molecule has 1 aliphatic heterocycles. The van der Waals surface area contributed by atoms with Gasteiger partial charge >= 0.3 is 12.2 Å². The van der Waals surface area contributed by atoms with Crippen LogP contribution in [-0.2, 0) is 16.0 Å². The fourth-order valence-electron chi connectivity index (χ4n) is 4.69. The number of likely N-dealkylation sites (N-methyl/N-ethyl adjacent to an activating group) is 1. The lowest BCUT2D eigenvalue weighted by molar-refractivity contribution is -0.137. The van der Waals surface area contributed by atoms with E-state index >= 15 is 0 Å². The average Bonchev–Trinajstić information content (AvgIpc) is 2.83. The first-order chi connectivity index (χ1) is 17.4. The normalized spacial score (nSPS) is 18.9. The van der Waals surface area contributed by atoms with Gasteiger partial charge in [0.1, 0.15) is 0 Å². The monoisotopic (exact) mass is 528 g/mol. The van der Waals surface area contributed by atoms with Crippen LogP contribution in [0.25, 0.3) is 4.85 Å². The Balaban J connectivity index is 1.87. The number of anilines is 1. The predicted octanol–water partition coefficient (Wildman–Crippen LogP) is 5.91. The highest BCUT2D eigenvalue weighted by Gasteiger charge is 2.41. The first kappa shape index (κ1) is 26.2. The number of alkyl halides is 3. The van der Waals surface area contributed by atoms with Gasteiger partial charge in [0.2, 0.25) is 5.70 Å². The van der Waals surface area contributed by atoms with E-state index in [-0.39, 0.29) is 44.8 Å². The quantitative estimate of drug-likeness (QED) is 0.451. The third-order valence-electron chi connectivity index (χ3n) is 6.85. The highest BCUT2D eigenvalue weighted by Crippen LogP contribution is 2.43. The van der Waals surface area contributed by atoms with E-state index in [1.54, 1.807) is 0 Å². The molecule has 1 atom stereocenters. The van der Waals surface area contributed by atoms with Crippen molar-refractivity contribution in [3.05, 3.63) is 82.0 Å². The minimum Gasteiger partial charge on any atom is -0.325 e. The van der Waals surface area contributed by atoms with Gasteiger partial charge in [-0.15, -0.1) is 0 Å². The number of allylic oxidation sites excluding steroid dienone is 1. The first-order valence-corrected chi connectivity index (χ1v) is 13.1. The second kappa shape index (κ2) is 9.56. The van der Waals surface area contributed by atoms with Crippen molar-refractivity contribution in [3.8, 4) is 6.07 Å². The van der Waals surface area contributed by atoms with Gasteiger partial charge in [-0.25, -0.2) is 18.1 Å². The number of carbonyl (C=O) groups excluding carboxylic acids is 1. The molecule has 1 saturated carbocycles. The molecule has 0 radical (unpaired) electrons. The molecule has 4 rings (SSSR count). The van der Waals surface area contributed by atoms with E-state index < -0.39 is 33.6 Å². The van der Waals surface area contributed by atoms with Crippen molar-refractivity contribution in [1.82, 2.24) is 4.90 Å². The van der Waals surface area contributed by atoms with Gasteiger partial charge in [-0.2, -0.15) is 18.4 Å². The molecule has 1 fully saturated rings. The Morgan fingerprint density at radius 2 is 1.89 bits per heavy atom. The van der Waals surface area contributed by atoms with Crippen LogP contribution in [0.1, 0.15) is 48.9 Å². The zero-order chi connectivity index (χ0) is 27.1. The van der Waals surface area contributed by atoms with Crippen LogP contribution in [0.3, 0.4) is 0 Å². The molecule has 0 spiro atoms. The van der Waals surface area contributed by atoms with Gasteiger partial charge in [0.05, 0.1) is 40.5 Å². The Labute approximate surface area is 213 Å². The Bertz CT molecular complexity index is 1480. The summed E-state index contributed by atoms with van der Waals surface area (Å²) in [6.07, 6.45) is -2.12. The van der Waals surface area contributed by atoms with Crippen LogP contribution in [0.2, 0.25) is 0 Å². The molecule has 2 aromatic carbocycles. The lowest BCUT2D eigenvalue weighted by Crippen LogP contribution is -2.47. The van der Waals surface area contributed by atoms with Gasteiger partial charge in [0.25, 0.3) is 0 Å². The Morgan fingerprint density at radius 3 is 2.46 bits per heavy atom. The van der Waals surface area contributed by atoms with Gasteiger partial charge in [-0.1, -0.05) is 18.6 Å². The molecule has 11 heteroatoms. The second-order valence-electron chi connectivity index (χ2n) is 9.20. The van der Waals surface area contributed by atoms with Gasteiger partial charge in [-0.05, 0) is 61.6 Å². The van der Waals surface area contributed by atoms with Gasteiger partial charge in [0.15, 0.2) is 9.84 Å². The molecule has 0 aromatic heterocycles. The lowest BCUT2D eigenvalue weighted by atomic mass is 9.87. The summed E-state index contributed by atoms with van der Waals surface area (Å²) in [5.41, 5.74) is -0.643. The number of rotatable bonds is 5. The van der Waals surface area contributed by atoms with Crippen molar-refractivity contribution in [2.24, 2.45) is 5.92 Å². The molecule has 1 aliphatic carbocycles. The van der Waals surface area contributed by atoms with Crippen molar-refractivity contribution in [3.63, 3.8) is 0 Å². The number of hydrogen-bond donors (Lipinski definition) is 0. The Hall–Kier alpha value is -3.83. The fraction of sp³-hybridized carbons (Fsp3) is 0.346. The standard InChI is InChI=1S/C26H23F3N4O3S/c1-16-23(31-2)24(32(3)25(34)33(16)20-9-5-8-19(13-20)26(27,28)29)21-11-10-18(14-30)12-22(21)37(35,36)15-17-6-4-7-17/h5,8-13,17,24H,4,6-7,15H2,1,3H3/t24-/m1/s1. The summed E-state index contributed by atoms with van der Waals surface area (Å²) in [5, 5.41) is 9.39. The van der Waals surface area contributed by atoms with Crippen molar-refractivity contribution in [2.75, 3.05) is 17.7 Å². The van der Waals surface area contributed by atoms with Crippen LogP contribution in [0.4, 0.5) is 23.7 Å². The molecule has 1 heterocycles. The maximum atomic E-state index is 13.5. The SMILES string of the molecule is [C-]#[N+]C1=C(C)N(c2cccc(C(F)(F)F)c2)C(=O)N(C)[C@@H]1c1ccc(C#N)cc1S(=O)(=O)CC1CCC1. The average molecular weight is 529 g/mol. The maximum Gasteiger partial charge on any atom is 0.416 e. The van der Waals surface area contributed by atoms with E-state index in [1.165, 1.54) is 44.3 Å². The van der Waals surface area contributed by atoms with Crippen molar-refractivity contribution in [2.45, 2.75) is 43.3 Å². The Morgan fingerprint density at radius 1 is 1.19 bits per heavy atom. The van der Waals surface area contributed by atoms with E-state index in [0.717, 1.165) is 41.2 Å². The summed E-state index contributed by atoms with van der Waals surface area (Å²) in [6, 6.07) is 8.44. The third-order valence-corrected chi connectivity index (χ3v) is 8.78. The molecule has 0 saturated heterocycles. The molecule has 37 heavy (non-hydrogen) atoms. The van der Waals surface area contributed by atoms with Crippen molar-refractivity contribution < 1.29 is 26.4 Å². The Kier molecular flexibility index (Phi) is 6.78. The summed E-state index contributed by atoms with van der Waals surface area (Å²) >= 11 is 0. The van der Waals surface area contributed by atoms with Crippen LogP contribution in [0.15, 0.2) is 58.8 Å². The van der Waals surface area contributed by atoms with Crippen LogP contribution in [-0.4, -0.2) is 32.1 Å². The van der Waals surface area contributed by atoms with E-state index in [1.807, 2.05) is 6.07 Å².